The molecule has 0 aromatic carbocycles. The summed E-state index contributed by atoms with van der Waals surface area (Å²) in [5.41, 5.74) is 5.01. The summed E-state index contributed by atoms with van der Waals surface area (Å²) in [6, 6.07) is -0.974. The fourth-order valence-corrected chi connectivity index (χ4v) is 1.28. The molecule has 4 heteroatoms. The van der Waals surface area contributed by atoms with Gasteiger partial charge in [0.25, 0.3) is 0 Å². The molecule has 4 nitrogen and oxygen atoms in total. The van der Waals surface area contributed by atoms with Crippen LogP contribution in [0.25, 0.3) is 0 Å². The Labute approximate surface area is 98.2 Å². The minimum absolute atomic E-state index is 0.0704. The van der Waals surface area contributed by atoms with Gasteiger partial charge in [0.15, 0.2) is 0 Å². The number of rotatable bonds is 3. The van der Waals surface area contributed by atoms with Crippen LogP contribution in [-0.4, -0.2) is 28.8 Å². The number of carbonyl (C=O) groups is 1. The van der Waals surface area contributed by atoms with E-state index in [1.165, 1.54) is 0 Å². The van der Waals surface area contributed by atoms with Gasteiger partial charge in [0.2, 0.25) is 0 Å². The third-order valence-electron chi connectivity index (χ3n) is 1.91. The molecule has 0 aromatic rings. The molecule has 0 heterocycles. The standard InChI is InChI=1S/C12H25NO3/c1-11(2,3)7-8(14)9(13)10(15)16-12(4,5)6/h8-9,14H,7,13H2,1-6H3. The van der Waals surface area contributed by atoms with E-state index in [0.29, 0.717) is 6.42 Å². The maximum atomic E-state index is 11.6. The quantitative estimate of drug-likeness (QED) is 0.721. The highest BCUT2D eigenvalue weighted by atomic mass is 16.6. The lowest BCUT2D eigenvalue weighted by Crippen LogP contribution is -2.46. The predicted octanol–water partition coefficient (Wildman–Crippen LogP) is 1.45. The van der Waals surface area contributed by atoms with Crippen molar-refractivity contribution in [2.24, 2.45) is 11.1 Å². The normalized spacial score (nSPS) is 16.8. The Morgan fingerprint density at radius 3 is 2.00 bits per heavy atom. The zero-order valence-corrected chi connectivity index (χ0v) is 11.2. The molecule has 0 aliphatic rings. The third kappa shape index (κ3) is 6.80. The summed E-state index contributed by atoms with van der Waals surface area (Å²) in [7, 11) is 0. The first-order valence-corrected chi connectivity index (χ1v) is 5.59. The van der Waals surface area contributed by atoms with Gasteiger partial charge in [-0.15, -0.1) is 0 Å². The lowest BCUT2D eigenvalue weighted by atomic mass is 9.87. The molecule has 0 aliphatic carbocycles. The highest BCUT2D eigenvalue weighted by Gasteiger charge is 2.30. The van der Waals surface area contributed by atoms with Crippen LogP contribution in [0.5, 0.6) is 0 Å². The van der Waals surface area contributed by atoms with Crippen LogP contribution in [0.3, 0.4) is 0 Å². The van der Waals surface area contributed by atoms with E-state index in [1.807, 2.05) is 20.8 Å². The van der Waals surface area contributed by atoms with E-state index in [2.05, 4.69) is 0 Å². The second-order valence-corrected chi connectivity index (χ2v) is 6.39. The Morgan fingerprint density at radius 1 is 1.25 bits per heavy atom. The van der Waals surface area contributed by atoms with Gasteiger partial charge in [-0.25, -0.2) is 0 Å². The van der Waals surface area contributed by atoms with Crippen molar-refractivity contribution in [2.45, 2.75) is 65.7 Å². The molecule has 0 rings (SSSR count). The van der Waals surface area contributed by atoms with Crippen molar-refractivity contribution in [2.75, 3.05) is 0 Å². The highest BCUT2D eigenvalue weighted by Crippen LogP contribution is 2.22. The van der Waals surface area contributed by atoms with E-state index < -0.39 is 23.7 Å². The Morgan fingerprint density at radius 2 is 1.69 bits per heavy atom. The van der Waals surface area contributed by atoms with E-state index in [9.17, 15) is 9.90 Å². The molecule has 0 aromatic heterocycles. The Bertz CT molecular complexity index is 238. The summed E-state index contributed by atoms with van der Waals surface area (Å²) >= 11 is 0. The first-order valence-electron chi connectivity index (χ1n) is 5.59. The highest BCUT2D eigenvalue weighted by molar-refractivity contribution is 5.76. The van der Waals surface area contributed by atoms with E-state index in [1.54, 1.807) is 20.8 Å². The zero-order chi connectivity index (χ0) is 13.1. The molecule has 2 unspecified atom stereocenters. The van der Waals surface area contributed by atoms with Crippen molar-refractivity contribution in [3.05, 3.63) is 0 Å². The van der Waals surface area contributed by atoms with Crippen LogP contribution >= 0.6 is 0 Å². The third-order valence-corrected chi connectivity index (χ3v) is 1.91. The fraction of sp³-hybridized carbons (Fsp3) is 0.917. The number of aliphatic hydroxyl groups is 1. The largest absolute Gasteiger partial charge is 0.459 e. The second-order valence-electron chi connectivity index (χ2n) is 6.39. The molecule has 0 saturated carbocycles. The van der Waals surface area contributed by atoms with Gasteiger partial charge in [-0.05, 0) is 32.6 Å². The zero-order valence-electron chi connectivity index (χ0n) is 11.2. The maximum absolute atomic E-state index is 11.6. The van der Waals surface area contributed by atoms with Gasteiger partial charge in [0.1, 0.15) is 11.6 Å². The van der Waals surface area contributed by atoms with Gasteiger partial charge in [-0.3, -0.25) is 4.79 Å². The number of aliphatic hydroxyl groups excluding tert-OH is 1. The van der Waals surface area contributed by atoms with Gasteiger partial charge >= 0.3 is 5.97 Å². The van der Waals surface area contributed by atoms with E-state index in [4.69, 9.17) is 10.5 Å². The molecule has 96 valence electrons. The molecule has 0 saturated heterocycles. The van der Waals surface area contributed by atoms with Gasteiger partial charge in [-0.1, -0.05) is 20.8 Å². The molecule has 0 aliphatic heterocycles. The van der Waals surface area contributed by atoms with Crippen LogP contribution in [0.2, 0.25) is 0 Å². The van der Waals surface area contributed by atoms with Crippen molar-refractivity contribution in [3.8, 4) is 0 Å². The lowest BCUT2D eigenvalue weighted by Gasteiger charge is -2.27. The first kappa shape index (κ1) is 15.4. The van der Waals surface area contributed by atoms with Crippen molar-refractivity contribution < 1.29 is 14.6 Å². The molecule has 3 N–H and O–H groups in total. The van der Waals surface area contributed by atoms with E-state index in [0.717, 1.165) is 0 Å². The number of hydrogen-bond donors (Lipinski definition) is 2. The van der Waals surface area contributed by atoms with E-state index in [-0.39, 0.29) is 5.41 Å². The lowest BCUT2D eigenvalue weighted by molar-refractivity contribution is -0.159. The van der Waals surface area contributed by atoms with Crippen LogP contribution in [-0.2, 0) is 9.53 Å². The molecule has 16 heavy (non-hydrogen) atoms. The molecule has 0 radical (unpaired) electrons. The molecule has 0 bridgehead atoms. The van der Waals surface area contributed by atoms with Crippen molar-refractivity contribution >= 4 is 5.97 Å². The maximum Gasteiger partial charge on any atom is 0.326 e. The number of hydrogen-bond acceptors (Lipinski definition) is 4. The summed E-state index contributed by atoms with van der Waals surface area (Å²) in [5, 5.41) is 9.79. The van der Waals surface area contributed by atoms with Crippen molar-refractivity contribution in [1.82, 2.24) is 0 Å². The van der Waals surface area contributed by atoms with Crippen LogP contribution in [0.1, 0.15) is 48.0 Å². The van der Waals surface area contributed by atoms with Crippen LogP contribution < -0.4 is 5.73 Å². The van der Waals surface area contributed by atoms with E-state index >= 15 is 0 Å². The van der Waals surface area contributed by atoms with Crippen LogP contribution in [0.15, 0.2) is 0 Å². The average molecular weight is 231 g/mol. The molecular formula is C12H25NO3. The molecule has 0 fully saturated rings. The summed E-state index contributed by atoms with van der Waals surface area (Å²) in [6.07, 6.45) is -0.400. The minimum Gasteiger partial charge on any atom is -0.459 e. The predicted molar refractivity (Wildman–Crippen MR) is 63.9 cm³/mol. The Hall–Kier alpha value is -0.610. The van der Waals surface area contributed by atoms with Crippen molar-refractivity contribution in [1.29, 1.82) is 0 Å². The van der Waals surface area contributed by atoms with Crippen LogP contribution in [0.4, 0.5) is 0 Å². The van der Waals surface area contributed by atoms with Gasteiger partial charge in [0.05, 0.1) is 6.10 Å². The topological polar surface area (TPSA) is 72.5 Å². The fourth-order valence-electron chi connectivity index (χ4n) is 1.28. The summed E-state index contributed by atoms with van der Waals surface area (Å²) in [4.78, 5) is 11.6. The average Bonchev–Trinajstić information content (AvgIpc) is 1.96. The summed E-state index contributed by atoms with van der Waals surface area (Å²) in [5.74, 6) is -0.552. The van der Waals surface area contributed by atoms with Crippen molar-refractivity contribution in [3.63, 3.8) is 0 Å². The molecule has 0 spiro atoms. The number of carbonyl (C=O) groups excluding carboxylic acids is 1. The number of esters is 1. The molecule has 2 atom stereocenters. The van der Waals surface area contributed by atoms with Gasteiger partial charge in [-0.2, -0.15) is 0 Å². The monoisotopic (exact) mass is 231 g/mol. The van der Waals surface area contributed by atoms with Gasteiger partial charge < -0.3 is 15.6 Å². The molecule has 0 amide bonds. The summed E-state index contributed by atoms with van der Waals surface area (Å²) < 4.78 is 5.11. The number of ether oxygens (including phenoxy) is 1. The SMILES string of the molecule is CC(C)(C)CC(O)C(N)C(=O)OC(C)(C)C. The second kappa shape index (κ2) is 5.15. The van der Waals surface area contributed by atoms with Crippen LogP contribution in [0, 0.1) is 5.41 Å². The molecular weight excluding hydrogens is 206 g/mol. The Balaban J connectivity index is 4.34. The Kier molecular flexibility index (Phi) is 4.95. The summed E-state index contributed by atoms with van der Waals surface area (Å²) in [6.45, 7) is 11.3. The first-order chi connectivity index (χ1) is 6.92. The number of nitrogens with two attached hydrogens (primary N) is 1. The minimum atomic E-state index is -0.974. The smallest absolute Gasteiger partial charge is 0.326 e. The van der Waals surface area contributed by atoms with Gasteiger partial charge in [0, 0.05) is 0 Å².